The van der Waals surface area contributed by atoms with Crippen LogP contribution in [0.15, 0.2) is 0 Å². The third kappa shape index (κ3) is 9.12. The molecule has 0 spiro atoms. The number of halogens is 3. The van der Waals surface area contributed by atoms with Crippen molar-refractivity contribution in [3.8, 4) is 0 Å². The molecule has 3 rings (SSSR count). The van der Waals surface area contributed by atoms with Gasteiger partial charge in [-0.1, -0.05) is 0 Å². The zero-order valence-corrected chi connectivity index (χ0v) is 19.2. The molecule has 172 valence electrons. The molecule has 3 saturated heterocycles. The Kier molecular flexibility index (Phi) is 14.4. The minimum Gasteiger partial charge on any atom is -0.480 e. The lowest BCUT2D eigenvalue weighted by Crippen LogP contribution is -2.54. The number of likely N-dealkylation sites (tertiary alicyclic amines) is 1. The molecule has 0 aromatic rings. The monoisotopic (exact) mass is 476 g/mol. The number of nitrogens with one attached hydrogen (secondary N) is 1. The number of piperazine rings is 1. The van der Waals surface area contributed by atoms with Gasteiger partial charge >= 0.3 is 5.97 Å². The van der Waals surface area contributed by atoms with E-state index >= 15 is 0 Å². The van der Waals surface area contributed by atoms with Crippen molar-refractivity contribution in [1.82, 2.24) is 20.0 Å². The van der Waals surface area contributed by atoms with Gasteiger partial charge in [0.05, 0.1) is 12.6 Å². The predicted molar refractivity (Wildman–Crippen MR) is 119 cm³/mol. The summed E-state index contributed by atoms with van der Waals surface area (Å²) in [5.41, 5.74) is 0. The van der Waals surface area contributed by atoms with Crippen molar-refractivity contribution in [2.45, 2.75) is 37.8 Å². The summed E-state index contributed by atoms with van der Waals surface area (Å²) in [4.78, 5) is 29.9. The lowest BCUT2D eigenvalue weighted by Gasteiger charge is -2.41. The van der Waals surface area contributed by atoms with Crippen molar-refractivity contribution in [2.75, 3.05) is 65.5 Å². The summed E-state index contributed by atoms with van der Waals surface area (Å²) < 4.78 is 5.33. The van der Waals surface area contributed by atoms with Crippen LogP contribution in [0.25, 0.3) is 0 Å². The largest absolute Gasteiger partial charge is 0.480 e. The number of hydrogen-bond donors (Lipinski definition) is 2. The van der Waals surface area contributed by atoms with Gasteiger partial charge in [-0.15, -0.1) is 37.2 Å². The number of ether oxygens (including phenoxy) is 1. The Balaban J connectivity index is 0.00000261. The van der Waals surface area contributed by atoms with Crippen molar-refractivity contribution in [1.29, 1.82) is 0 Å². The summed E-state index contributed by atoms with van der Waals surface area (Å²) in [5, 5.41) is 12.1. The van der Waals surface area contributed by atoms with Crippen LogP contribution >= 0.6 is 37.2 Å². The number of carbonyl (C=O) groups excluding carboxylic acids is 1. The van der Waals surface area contributed by atoms with Gasteiger partial charge in [0, 0.05) is 45.3 Å². The number of hydrogen-bond acceptors (Lipinski definition) is 6. The molecule has 0 aliphatic carbocycles. The second kappa shape index (κ2) is 14.6. The molecule has 0 atom stereocenters. The number of nitrogens with zero attached hydrogens (tertiary/aromatic N) is 3. The molecular formula is C18H35Cl3N4O4. The Hall–Kier alpha value is -0.350. The van der Waals surface area contributed by atoms with Crippen LogP contribution in [0, 0.1) is 0 Å². The van der Waals surface area contributed by atoms with Crippen LogP contribution in [-0.4, -0.2) is 109 Å². The van der Waals surface area contributed by atoms with E-state index in [1.54, 1.807) is 0 Å². The van der Waals surface area contributed by atoms with E-state index in [0.29, 0.717) is 25.7 Å². The van der Waals surface area contributed by atoms with Crippen LogP contribution in [0.2, 0.25) is 0 Å². The van der Waals surface area contributed by atoms with Crippen LogP contribution in [0.1, 0.15) is 25.7 Å². The fourth-order valence-corrected chi connectivity index (χ4v) is 4.21. The highest BCUT2D eigenvalue weighted by Crippen LogP contribution is 2.16. The normalized spacial score (nSPS) is 22.1. The summed E-state index contributed by atoms with van der Waals surface area (Å²) >= 11 is 0. The zero-order valence-electron chi connectivity index (χ0n) is 16.8. The summed E-state index contributed by atoms with van der Waals surface area (Å²) in [5.74, 6) is -0.746. The molecule has 3 aliphatic heterocycles. The van der Waals surface area contributed by atoms with Crippen molar-refractivity contribution < 1.29 is 19.4 Å². The van der Waals surface area contributed by atoms with Gasteiger partial charge in [-0.25, -0.2) is 4.79 Å². The van der Waals surface area contributed by atoms with Gasteiger partial charge < -0.3 is 20.1 Å². The smallest absolute Gasteiger partial charge is 0.329 e. The molecule has 2 N–H and O–H groups in total. The number of amides is 1. The Labute approximate surface area is 191 Å². The van der Waals surface area contributed by atoms with Crippen LogP contribution in [0.3, 0.4) is 0 Å². The highest BCUT2D eigenvalue weighted by Gasteiger charge is 2.28. The third-order valence-corrected chi connectivity index (χ3v) is 5.83. The third-order valence-electron chi connectivity index (χ3n) is 5.83. The van der Waals surface area contributed by atoms with E-state index in [-0.39, 0.29) is 55.8 Å². The first-order valence-electron chi connectivity index (χ1n) is 9.90. The quantitative estimate of drug-likeness (QED) is 0.583. The molecule has 0 aromatic carbocycles. The van der Waals surface area contributed by atoms with E-state index in [1.807, 2.05) is 4.90 Å². The van der Waals surface area contributed by atoms with E-state index in [2.05, 4.69) is 15.1 Å². The van der Waals surface area contributed by atoms with Gasteiger partial charge in [0.15, 0.2) is 0 Å². The zero-order chi connectivity index (χ0) is 18.4. The standard InChI is InChI=1S/C18H32N4O4.3ClH/c23-17(22-7-3-16(4-8-22)26-14-18(24)25)13-20-9-11-21(12-10-20)15-1-5-19-6-2-15;;;/h15-16,19H,1-14H2,(H,24,25);3*1H. The first kappa shape index (κ1) is 28.6. The van der Waals surface area contributed by atoms with Crippen LogP contribution in [0.4, 0.5) is 0 Å². The molecule has 3 fully saturated rings. The minimum absolute atomic E-state index is 0. The molecule has 8 nitrogen and oxygen atoms in total. The number of carboxylic acids is 1. The Morgan fingerprint density at radius 3 is 2.03 bits per heavy atom. The maximum absolute atomic E-state index is 12.5. The van der Waals surface area contributed by atoms with Crippen molar-refractivity contribution in [3.63, 3.8) is 0 Å². The molecule has 0 aromatic heterocycles. The molecule has 0 bridgehead atoms. The summed E-state index contributed by atoms with van der Waals surface area (Å²) in [7, 11) is 0. The molecule has 0 radical (unpaired) electrons. The second-order valence-electron chi connectivity index (χ2n) is 7.58. The highest BCUT2D eigenvalue weighted by atomic mass is 35.5. The van der Waals surface area contributed by atoms with Crippen LogP contribution in [-0.2, 0) is 14.3 Å². The van der Waals surface area contributed by atoms with Crippen LogP contribution < -0.4 is 5.32 Å². The van der Waals surface area contributed by atoms with Crippen molar-refractivity contribution in [3.05, 3.63) is 0 Å². The Morgan fingerprint density at radius 2 is 1.48 bits per heavy atom. The first-order chi connectivity index (χ1) is 12.6. The molecule has 0 saturated carbocycles. The molecular weight excluding hydrogens is 443 g/mol. The Bertz CT molecular complexity index is 482. The van der Waals surface area contributed by atoms with Gasteiger partial charge in [-0.3, -0.25) is 14.6 Å². The lowest BCUT2D eigenvalue weighted by molar-refractivity contribution is -0.147. The number of carboxylic acid groups (broad SMARTS) is 1. The molecule has 29 heavy (non-hydrogen) atoms. The number of carbonyl (C=O) groups is 2. The molecule has 0 unspecified atom stereocenters. The molecule has 11 heteroatoms. The maximum atomic E-state index is 12.5. The maximum Gasteiger partial charge on any atom is 0.329 e. The predicted octanol–water partition coefficient (Wildman–Crippen LogP) is 0.714. The number of rotatable bonds is 6. The van der Waals surface area contributed by atoms with Gasteiger partial charge in [0.25, 0.3) is 0 Å². The van der Waals surface area contributed by atoms with Gasteiger partial charge in [0.1, 0.15) is 6.61 Å². The summed E-state index contributed by atoms with van der Waals surface area (Å²) in [6.07, 6.45) is 3.88. The first-order valence-corrected chi connectivity index (χ1v) is 9.90. The summed E-state index contributed by atoms with van der Waals surface area (Å²) in [6.45, 7) is 7.87. The second-order valence-corrected chi connectivity index (χ2v) is 7.58. The van der Waals surface area contributed by atoms with E-state index in [1.165, 1.54) is 12.8 Å². The number of aliphatic carboxylic acids is 1. The fourth-order valence-electron chi connectivity index (χ4n) is 4.21. The van der Waals surface area contributed by atoms with Crippen molar-refractivity contribution in [2.24, 2.45) is 0 Å². The molecule has 1 amide bonds. The van der Waals surface area contributed by atoms with Gasteiger partial charge in [-0.2, -0.15) is 0 Å². The lowest BCUT2D eigenvalue weighted by atomic mass is 10.0. The average molecular weight is 478 g/mol. The Morgan fingerprint density at radius 1 is 0.897 bits per heavy atom. The van der Waals surface area contributed by atoms with E-state index in [4.69, 9.17) is 9.84 Å². The van der Waals surface area contributed by atoms with E-state index in [9.17, 15) is 9.59 Å². The van der Waals surface area contributed by atoms with Gasteiger partial charge in [0.2, 0.25) is 5.91 Å². The minimum atomic E-state index is -0.938. The SMILES string of the molecule is Cl.Cl.Cl.O=C(O)COC1CCN(C(=O)CN2CCN(C3CCNCC3)CC2)CC1. The van der Waals surface area contributed by atoms with Crippen molar-refractivity contribution >= 4 is 49.1 Å². The fraction of sp³-hybridized carbons (Fsp3) is 0.889. The average Bonchev–Trinajstić information content (AvgIpc) is 2.68. The summed E-state index contributed by atoms with van der Waals surface area (Å²) in [6, 6.07) is 0.707. The highest BCUT2D eigenvalue weighted by molar-refractivity contribution is 5.86. The topological polar surface area (TPSA) is 85.3 Å². The van der Waals surface area contributed by atoms with Gasteiger partial charge in [-0.05, 0) is 38.8 Å². The van der Waals surface area contributed by atoms with E-state index in [0.717, 1.165) is 52.1 Å². The number of piperidine rings is 2. The van der Waals surface area contributed by atoms with Crippen LogP contribution in [0.5, 0.6) is 0 Å². The molecule has 3 aliphatic rings. The van der Waals surface area contributed by atoms with E-state index < -0.39 is 5.97 Å². The molecule has 3 heterocycles.